The molecule has 0 aromatic heterocycles. The first-order valence-electron chi connectivity index (χ1n) is 21.5. The van der Waals surface area contributed by atoms with Crippen LogP contribution in [0.3, 0.4) is 0 Å². The maximum Gasteiger partial charge on any atom is 0.307 e. The lowest BCUT2D eigenvalue weighted by Crippen LogP contribution is -2.40. The Morgan fingerprint density at radius 1 is 0.491 bits per heavy atom. The molecule has 0 aliphatic carbocycles. The number of hydrogen-bond donors (Lipinski definition) is 1. The van der Waals surface area contributed by atoms with Crippen molar-refractivity contribution in [2.24, 2.45) is 0 Å². The van der Waals surface area contributed by atoms with E-state index in [9.17, 15) is 14.4 Å². The van der Waals surface area contributed by atoms with E-state index < -0.39 is 5.60 Å². The first-order chi connectivity index (χ1) is 25.7. The molecule has 0 unspecified atom stereocenters. The van der Waals surface area contributed by atoms with Crippen molar-refractivity contribution in [1.82, 2.24) is 5.32 Å². The molecule has 0 spiro atoms. The zero-order chi connectivity index (χ0) is 39.1. The van der Waals surface area contributed by atoms with Crippen molar-refractivity contribution in [2.45, 2.75) is 207 Å². The molecule has 0 atom stereocenters. The van der Waals surface area contributed by atoms with Crippen LogP contribution in [0.15, 0.2) is 48.6 Å². The summed E-state index contributed by atoms with van der Waals surface area (Å²) in [7, 11) is 0. The number of unbranched alkanes of at least 4 members (excludes halogenated alkanes) is 16. The second kappa shape index (κ2) is 37.6. The van der Waals surface area contributed by atoms with Gasteiger partial charge in [-0.05, 0) is 97.8 Å². The molecule has 0 aromatic rings. The second-order valence-corrected chi connectivity index (χ2v) is 15.3. The van der Waals surface area contributed by atoms with E-state index >= 15 is 0 Å². The highest BCUT2D eigenvalue weighted by molar-refractivity contribution is 5.70. The van der Waals surface area contributed by atoms with Gasteiger partial charge in [0.15, 0.2) is 0 Å². The Morgan fingerprint density at radius 3 is 1.26 bits per heavy atom. The third-order valence-electron chi connectivity index (χ3n) is 8.74. The molecule has 7 heteroatoms. The number of nitrogens with one attached hydrogen (secondary N) is 1. The van der Waals surface area contributed by atoms with Crippen LogP contribution < -0.4 is 5.32 Å². The Kier molecular flexibility index (Phi) is 35.7. The third-order valence-corrected chi connectivity index (χ3v) is 8.74. The molecule has 0 rings (SSSR count). The average Bonchev–Trinajstić information content (AvgIpc) is 3.11. The topological polar surface area (TPSA) is 90.9 Å². The molecule has 53 heavy (non-hydrogen) atoms. The van der Waals surface area contributed by atoms with Crippen molar-refractivity contribution >= 4 is 17.9 Å². The lowest BCUT2D eigenvalue weighted by atomic mass is 10.1. The molecule has 0 saturated carbocycles. The van der Waals surface area contributed by atoms with Gasteiger partial charge >= 0.3 is 17.9 Å². The fourth-order valence-corrected chi connectivity index (χ4v) is 5.63. The highest BCUT2D eigenvalue weighted by Crippen LogP contribution is 2.12. The number of hydrogen-bond acceptors (Lipinski definition) is 7. The Balaban J connectivity index is 4.25. The van der Waals surface area contributed by atoms with Gasteiger partial charge in [-0.3, -0.25) is 14.4 Å². The number of allylic oxidation sites excluding steroid dienone is 8. The predicted molar refractivity (Wildman–Crippen MR) is 223 cm³/mol. The number of esters is 3. The van der Waals surface area contributed by atoms with E-state index in [2.05, 4.69) is 67.8 Å². The van der Waals surface area contributed by atoms with Crippen LogP contribution >= 0.6 is 0 Å². The molecule has 0 fully saturated rings. The molecular weight excluding hydrogens is 663 g/mol. The minimum atomic E-state index is -0.550. The van der Waals surface area contributed by atoms with E-state index in [4.69, 9.17) is 14.2 Å². The smallest absolute Gasteiger partial charge is 0.307 e. The van der Waals surface area contributed by atoms with E-state index in [0.717, 1.165) is 77.0 Å². The molecular formula is C46H81NO6. The molecule has 0 amide bonds. The number of ether oxygens (including phenoxy) is 3. The molecule has 0 aliphatic rings. The molecule has 0 heterocycles. The summed E-state index contributed by atoms with van der Waals surface area (Å²) < 4.78 is 16.5. The van der Waals surface area contributed by atoms with Crippen LogP contribution in [0.1, 0.15) is 195 Å². The third kappa shape index (κ3) is 40.4. The maximum atomic E-state index is 12.5. The minimum absolute atomic E-state index is 0.0877. The van der Waals surface area contributed by atoms with Crippen molar-refractivity contribution in [1.29, 1.82) is 0 Å². The quantitative estimate of drug-likeness (QED) is 0.0296. The fraction of sp³-hybridized carbons (Fsp3) is 0.761. The van der Waals surface area contributed by atoms with Crippen LogP contribution in [0, 0.1) is 0 Å². The predicted octanol–water partition coefficient (Wildman–Crippen LogP) is 12.4. The van der Waals surface area contributed by atoms with Crippen LogP contribution in [0.25, 0.3) is 0 Å². The van der Waals surface area contributed by atoms with E-state index in [0.29, 0.717) is 19.4 Å². The van der Waals surface area contributed by atoms with Crippen LogP contribution in [-0.4, -0.2) is 49.3 Å². The zero-order valence-electron chi connectivity index (χ0n) is 34.9. The van der Waals surface area contributed by atoms with Crippen LogP contribution in [-0.2, 0) is 28.6 Å². The zero-order valence-corrected chi connectivity index (χ0v) is 34.9. The van der Waals surface area contributed by atoms with Gasteiger partial charge in [-0.15, -0.1) is 0 Å². The summed E-state index contributed by atoms with van der Waals surface area (Å²) in [4.78, 5) is 37.1. The molecule has 0 bridgehead atoms. The minimum Gasteiger partial charge on any atom is -0.464 e. The van der Waals surface area contributed by atoms with E-state index in [-0.39, 0.29) is 43.6 Å². The molecule has 0 radical (unpaired) electrons. The van der Waals surface area contributed by atoms with Crippen molar-refractivity contribution in [2.75, 3.05) is 19.8 Å². The summed E-state index contributed by atoms with van der Waals surface area (Å²) >= 11 is 0. The highest BCUT2D eigenvalue weighted by Gasteiger charge is 2.18. The van der Waals surface area contributed by atoms with Crippen LogP contribution in [0.5, 0.6) is 0 Å². The summed E-state index contributed by atoms with van der Waals surface area (Å²) in [5.74, 6) is -0.794. The van der Waals surface area contributed by atoms with Gasteiger partial charge in [0.2, 0.25) is 0 Å². The summed E-state index contributed by atoms with van der Waals surface area (Å²) in [6, 6.07) is -0.389. The van der Waals surface area contributed by atoms with Gasteiger partial charge in [0.05, 0.1) is 12.5 Å². The summed E-state index contributed by atoms with van der Waals surface area (Å²) in [6.07, 6.45) is 44.0. The van der Waals surface area contributed by atoms with Crippen LogP contribution in [0.2, 0.25) is 0 Å². The SMILES string of the molecule is CCCCC/C=C\C/C=C\CCCCCCCC(=O)OCC(COC(=O)CCCCCCC/C=C\C/C=C\CCCCC)NCCC(=O)OC(C)(C)C. The number of rotatable bonds is 36. The Labute approximate surface area is 326 Å². The van der Waals surface area contributed by atoms with Crippen molar-refractivity contribution in [3.63, 3.8) is 0 Å². The first-order valence-corrected chi connectivity index (χ1v) is 21.5. The molecule has 0 saturated heterocycles. The average molecular weight is 744 g/mol. The van der Waals surface area contributed by atoms with Gasteiger partial charge in [0.25, 0.3) is 0 Å². The van der Waals surface area contributed by atoms with Gasteiger partial charge in [-0.2, -0.15) is 0 Å². The fourth-order valence-electron chi connectivity index (χ4n) is 5.63. The second-order valence-electron chi connectivity index (χ2n) is 15.3. The van der Waals surface area contributed by atoms with Gasteiger partial charge in [-0.25, -0.2) is 0 Å². The lowest BCUT2D eigenvalue weighted by Gasteiger charge is -2.21. The Morgan fingerprint density at radius 2 is 0.868 bits per heavy atom. The number of carbonyl (C=O) groups excluding carboxylic acids is 3. The maximum absolute atomic E-state index is 12.5. The Bertz CT molecular complexity index is 930. The summed E-state index contributed by atoms with van der Waals surface area (Å²) in [5.41, 5.74) is -0.550. The van der Waals surface area contributed by atoms with Gasteiger partial charge in [0.1, 0.15) is 18.8 Å². The van der Waals surface area contributed by atoms with E-state index in [1.807, 2.05) is 20.8 Å². The van der Waals surface area contributed by atoms with Gasteiger partial charge in [0, 0.05) is 19.4 Å². The summed E-state index contributed by atoms with van der Waals surface area (Å²) in [6.45, 7) is 10.5. The normalized spacial score (nSPS) is 12.3. The highest BCUT2D eigenvalue weighted by atomic mass is 16.6. The molecule has 306 valence electrons. The van der Waals surface area contributed by atoms with Crippen molar-refractivity contribution in [3.8, 4) is 0 Å². The largest absolute Gasteiger partial charge is 0.464 e. The van der Waals surface area contributed by atoms with E-state index in [1.54, 1.807) is 0 Å². The van der Waals surface area contributed by atoms with Crippen molar-refractivity contribution < 1.29 is 28.6 Å². The van der Waals surface area contributed by atoms with Crippen LogP contribution in [0.4, 0.5) is 0 Å². The number of carbonyl (C=O) groups is 3. The standard InChI is InChI=1S/C46H81NO6/c1-6-8-10-12-14-16-18-20-22-24-26-28-30-32-34-36-43(48)51-40-42(47-39-38-45(50)53-46(3,4)5)41-52-44(49)37-35-33-31-29-27-25-23-21-19-17-15-13-11-9-7-2/h14-17,20-23,42,47H,6-13,18-19,24-41H2,1-5H3/b16-14-,17-15-,22-20-,23-21-. The van der Waals surface area contributed by atoms with Gasteiger partial charge < -0.3 is 19.5 Å². The monoisotopic (exact) mass is 744 g/mol. The van der Waals surface area contributed by atoms with Crippen molar-refractivity contribution in [3.05, 3.63) is 48.6 Å². The molecule has 0 aliphatic heterocycles. The first kappa shape index (κ1) is 50.3. The summed E-state index contributed by atoms with van der Waals surface area (Å²) in [5, 5.41) is 3.22. The molecule has 0 aromatic carbocycles. The molecule has 1 N–H and O–H groups in total. The molecule has 7 nitrogen and oxygen atoms in total. The van der Waals surface area contributed by atoms with E-state index in [1.165, 1.54) is 64.2 Å². The Hall–Kier alpha value is -2.67. The van der Waals surface area contributed by atoms with Gasteiger partial charge in [-0.1, -0.05) is 127 Å². The lowest BCUT2D eigenvalue weighted by molar-refractivity contribution is -0.155.